The molecule has 0 aliphatic rings. The number of halogens is 1. The van der Waals surface area contributed by atoms with Crippen molar-refractivity contribution in [3.63, 3.8) is 0 Å². The lowest BCUT2D eigenvalue weighted by Gasteiger charge is -2.01. The minimum atomic E-state index is -0.788. The van der Waals surface area contributed by atoms with E-state index in [0.717, 1.165) is 0 Å². The standard InChI is InChI=1S/C6H9BrO3/c1-3-4(7)5(8)6(9)10-2/h4H,3H2,1-2H3/t4-/m0/s1. The molecular weight excluding hydrogens is 200 g/mol. The Morgan fingerprint density at radius 2 is 2.10 bits per heavy atom. The summed E-state index contributed by atoms with van der Waals surface area (Å²) in [6.45, 7) is 1.81. The van der Waals surface area contributed by atoms with Crippen LogP contribution in [0.4, 0.5) is 0 Å². The molecule has 0 amide bonds. The zero-order chi connectivity index (χ0) is 8.15. The molecule has 0 unspecified atom stereocenters. The third kappa shape index (κ3) is 2.47. The predicted molar refractivity (Wildman–Crippen MR) is 40.0 cm³/mol. The molecule has 1 atom stereocenters. The van der Waals surface area contributed by atoms with Gasteiger partial charge >= 0.3 is 5.97 Å². The van der Waals surface area contributed by atoms with Crippen molar-refractivity contribution in [3.05, 3.63) is 0 Å². The van der Waals surface area contributed by atoms with Crippen molar-refractivity contribution in [2.75, 3.05) is 7.11 Å². The predicted octanol–water partition coefficient (Wildman–Crippen LogP) is 0.902. The Hall–Kier alpha value is -0.380. The van der Waals surface area contributed by atoms with Crippen LogP contribution in [0, 0.1) is 0 Å². The molecule has 0 aromatic heterocycles. The number of rotatable bonds is 3. The van der Waals surface area contributed by atoms with Crippen LogP contribution in [0.25, 0.3) is 0 Å². The van der Waals surface area contributed by atoms with Gasteiger partial charge in [-0.05, 0) is 6.42 Å². The molecule has 0 saturated heterocycles. The van der Waals surface area contributed by atoms with Crippen molar-refractivity contribution < 1.29 is 14.3 Å². The number of Topliss-reactive ketones (excluding diaryl/α,β-unsaturated/α-hetero) is 1. The van der Waals surface area contributed by atoms with Gasteiger partial charge in [0.2, 0.25) is 0 Å². The van der Waals surface area contributed by atoms with Crippen LogP contribution in [0.1, 0.15) is 13.3 Å². The van der Waals surface area contributed by atoms with E-state index >= 15 is 0 Å². The summed E-state index contributed by atoms with van der Waals surface area (Å²) in [4.78, 5) is 20.9. The summed E-state index contributed by atoms with van der Waals surface area (Å²) < 4.78 is 4.22. The highest BCUT2D eigenvalue weighted by Crippen LogP contribution is 2.05. The first-order chi connectivity index (χ1) is 4.63. The van der Waals surface area contributed by atoms with E-state index in [1.165, 1.54) is 7.11 Å². The molecule has 0 fully saturated rings. The van der Waals surface area contributed by atoms with Crippen LogP contribution < -0.4 is 0 Å². The van der Waals surface area contributed by atoms with Crippen LogP contribution in [-0.4, -0.2) is 23.7 Å². The summed E-state index contributed by atoms with van der Waals surface area (Å²) in [5.41, 5.74) is 0. The van der Waals surface area contributed by atoms with Gasteiger partial charge in [0.15, 0.2) is 0 Å². The lowest BCUT2D eigenvalue weighted by molar-refractivity contribution is -0.151. The Balaban J connectivity index is 3.95. The van der Waals surface area contributed by atoms with E-state index in [1.807, 2.05) is 0 Å². The molecule has 0 aliphatic carbocycles. The molecule has 3 nitrogen and oxygen atoms in total. The Morgan fingerprint density at radius 1 is 1.60 bits per heavy atom. The molecule has 4 heteroatoms. The van der Waals surface area contributed by atoms with Crippen LogP contribution in [0.5, 0.6) is 0 Å². The van der Waals surface area contributed by atoms with Gasteiger partial charge in [-0.25, -0.2) is 4.79 Å². The molecule has 0 aliphatic heterocycles. The lowest BCUT2D eigenvalue weighted by atomic mass is 10.2. The van der Waals surface area contributed by atoms with Crippen molar-refractivity contribution >= 4 is 27.7 Å². The van der Waals surface area contributed by atoms with Crippen molar-refractivity contribution in [1.29, 1.82) is 0 Å². The second-order valence-corrected chi connectivity index (χ2v) is 2.84. The molecule has 0 bridgehead atoms. The fourth-order valence-corrected chi connectivity index (χ4v) is 0.601. The van der Waals surface area contributed by atoms with Crippen molar-refractivity contribution in [1.82, 2.24) is 0 Å². The highest BCUT2D eigenvalue weighted by atomic mass is 79.9. The Labute approximate surface area is 67.9 Å². The fourth-order valence-electron chi connectivity index (χ4n) is 0.414. The summed E-state index contributed by atoms with van der Waals surface area (Å²) in [6, 6.07) is 0. The second-order valence-electron chi connectivity index (χ2n) is 1.73. The molecule has 0 saturated carbocycles. The van der Waals surface area contributed by atoms with Gasteiger partial charge in [0.05, 0.1) is 11.9 Å². The van der Waals surface area contributed by atoms with Gasteiger partial charge in [-0.1, -0.05) is 22.9 Å². The van der Waals surface area contributed by atoms with Crippen molar-refractivity contribution in [2.24, 2.45) is 0 Å². The number of hydrogen-bond donors (Lipinski definition) is 0. The topological polar surface area (TPSA) is 43.4 Å². The van der Waals surface area contributed by atoms with Gasteiger partial charge in [-0.15, -0.1) is 0 Å². The summed E-state index contributed by atoms with van der Waals surface area (Å²) in [5.74, 6) is -1.31. The van der Waals surface area contributed by atoms with Crippen LogP contribution in [-0.2, 0) is 14.3 Å². The Bertz CT molecular complexity index is 144. The van der Waals surface area contributed by atoms with Crippen LogP contribution >= 0.6 is 15.9 Å². The lowest BCUT2D eigenvalue weighted by Crippen LogP contribution is -2.24. The zero-order valence-corrected chi connectivity index (χ0v) is 7.47. The van der Waals surface area contributed by atoms with Crippen LogP contribution in [0.15, 0.2) is 0 Å². The maximum atomic E-state index is 10.8. The monoisotopic (exact) mass is 208 g/mol. The fraction of sp³-hybridized carbons (Fsp3) is 0.667. The minimum Gasteiger partial charge on any atom is -0.463 e. The first-order valence-electron chi connectivity index (χ1n) is 2.89. The smallest absolute Gasteiger partial charge is 0.375 e. The number of ketones is 1. The molecule has 0 spiro atoms. The van der Waals surface area contributed by atoms with E-state index in [9.17, 15) is 9.59 Å². The van der Waals surface area contributed by atoms with E-state index in [0.29, 0.717) is 6.42 Å². The summed E-state index contributed by atoms with van der Waals surface area (Å²) >= 11 is 3.03. The van der Waals surface area contributed by atoms with E-state index < -0.39 is 16.6 Å². The molecular formula is C6H9BrO3. The number of ether oxygens (including phenoxy) is 1. The number of alkyl halides is 1. The van der Waals surface area contributed by atoms with Gasteiger partial charge in [0.1, 0.15) is 0 Å². The summed E-state index contributed by atoms with van der Waals surface area (Å²) in [5, 5.41) is 0. The maximum absolute atomic E-state index is 10.8. The number of esters is 1. The molecule has 0 aromatic carbocycles. The SMILES string of the molecule is CC[C@H](Br)C(=O)C(=O)OC. The molecule has 0 aromatic rings. The maximum Gasteiger partial charge on any atom is 0.375 e. The van der Waals surface area contributed by atoms with Gasteiger partial charge < -0.3 is 4.74 Å². The normalized spacial score (nSPS) is 12.3. The van der Waals surface area contributed by atoms with Gasteiger partial charge in [-0.3, -0.25) is 4.79 Å². The van der Waals surface area contributed by atoms with Gasteiger partial charge in [0.25, 0.3) is 5.78 Å². The first-order valence-corrected chi connectivity index (χ1v) is 3.81. The van der Waals surface area contributed by atoms with E-state index in [4.69, 9.17) is 0 Å². The van der Waals surface area contributed by atoms with Gasteiger partial charge in [-0.2, -0.15) is 0 Å². The van der Waals surface area contributed by atoms with Crippen LogP contribution in [0.3, 0.4) is 0 Å². The number of methoxy groups -OCH3 is 1. The highest BCUT2D eigenvalue weighted by Gasteiger charge is 2.21. The molecule has 0 radical (unpaired) electrons. The zero-order valence-electron chi connectivity index (χ0n) is 5.89. The third-order valence-electron chi connectivity index (χ3n) is 1.03. The molecule has 0 heterocycles. The molecule has 0 rings (SSSR count). The summed E-state index contributed by atoms with van der Waals surface area (Å²) in [7, 11) is 1.19. The molecule has 58 valence electrons. The van der Waals surface area contributed by atoms with E-state index in [-0.39, 0.29) is 0 Å². The minimum absolute atomic E-state index is 0.403. The summed E-state index contributed by atoms with van der Waals surface area (Å²) in [6.07, 6.45) is 0.591. The molecule has 10 heavy (non-hydrogen) atoms. The van der Waals surface area contributed by atoms with Crippen LogP contribution in [0.2, 0.25) is 0 Å². The average molecular weight is 209 g/mol. The van der Waals surface area contributed by atoms with Gasteiger partial charge in [0, 0.05) is 0 Å². The number of carbonyl (C=O) groups excluding carboxylic acids is 2. The van der Waals surface area contributed by atoms with Crippen molar-refractivity contribution in [3.8, 4) is 0 Å². The quantitative estimate of drug-likeness (QED) is 0.394. The first kappa shape index (κ1) is 9.62. The Kier molecular flexibility index (Phi) is 4.27. The second kappa shape index (κ2) is 4.44. The molecule has 0 N–H and O–H groups in total. The Morgan fingerprint density at radius 3 is 2.40 bits per heavy atom. The average Bonchev–Trinajstić information content (AvgIpc) is 2.00. The highest BCUT2D eigenvalue weighted by molar-refractivity contribution is 9.10. The third-order valence-corrected chi connectivity index (χ3v) is 2.09. The van der Waals surface area contributed by atoms with Crippen molar-refractivity contribution in [2.45, 2.75) is 18.2 Å². The number of hydrogen-bond acceptors (Lipinski definition) is 3. The van der Waals surface area contributed by atoms with E-state index in [2.05, 4.69) is 20.7 Å². The van der Waals surface area contributed by atoms with E-state index in [1.54, 1.807) is 6.92 Å². The largest absolute Gasteiger partial charge is 0.463 e. The number of carbonyl (C=O) groups is 2.